The molecule has 2 heterocycles. The van der Waals surface area contributed by atoms with Crippen molar-refractivity contribution in [2.75, 3.05) is 5.32 Å². The van der Waals surface area contributed by atoms with Crippen LogP contribution in [0.4, 0.5) is 5.69 Å². The highest BCUT2D eigenvalue weighted by Gasteiger charge is 2.22. The molecule has 3 N–H and O–H groups in total. The fourth-order valence-corrected chi connectivity index (χ4v) is 3.68. The zero-order valence-electron chi connectivity index (χ0n) is 14.0. The third kappa shape index (κ3) is 3.50. The van der Waals surface area contributed by atoms with Gasteiger partial charge in [0.2, 0.25) is 0 Å². The molecule has 0 amide bonds. The Bertz CT molecular complexity index is 862. The number of nitrogens with zero attached hydrogens (tertiary/aromatic N) is 1. The van der Waals surface area contributed by atoms with E-state index in [-0.39, 0.29) is 5.56 Å². The van der Waals surface area contributed by atoms with Crippen LogP contribution in [-0.4, -0.2) is 21.2 Å². The molecule has 0 aliphatic heterocycles. The molecule has 0 atom stereocenters. The van der Waals surface area contributed by atoms with E-state index in [2.05, 4.69) is 50.8 Å². The summed E-state index contributed by atoms with van der Waals surface area (Å²) in [5.74, 6) is 0.634. The molecule has 3 aromatic rings. The number of rotatable bonds is 4. The van der Waals surface area contributed by atoms with Crippen LogP contribution < -0.4 is 10.9 Å². The molecule has 1 aromatic carbocycles. The predicted molar refractivity (Wildman–Crippen MR) is 99.7 cm³/mol. The maximum Gasteiger partial charge on any atom is 0.271 e. The number of benzene rings is 1. The van der Waals surface area contributed by atoms with Crippen molar-refractivity contribution in [3.63, 3.8) is 0 Å². The van der Waals surface area contributed by atoms with Crippen molar-refractivity contribution in [2.24, 2.45) is 0 Å². The lowest BCUT2D eigenvalue weighted by atomic mass is 9.82. The average molecular weight is 334 g/mol. The Morgan fingerprint density at radius 3 is 2.52 bits per heavy atom. The standard InChI is InChI=1S/C20H22N4O/c25-20-19(10-16(11-21-20)17-12-22-23-13-17)24-18-8-6-15(7-9-18)14-4-2-1-3-5-14/h1-5,10-13,15,18,24H,6-9H2,(H,21,25)(H,22,23). The van der Waals surface area contributed by atoms with Crippen LogP contribution in [0.5, 0.6) is 0 Å². The molecule has 1 saturated carbocycles. The molecule has 2 aromatic heterocycles. The Hall–Kier alpha value is -2.82. The first kappa shape index (κ1) is 15.7. The lowest BCUT2D eigenvalue weighted by Crippen LogP contribution is -2.28. The smallest absolute Gasteiger partial charge is 0.271 e. The van der Waals surface area contributed by atoms with Crippen molar-refractivity contribution in [3.05, 3.63) is 70.9 Å². The molecule has 0 radical (unpaired) electrons. The van der Waals surface area contributed by atoms with Crippen molar-refractivity contribution in [2.45, 2.75) is 37.6 Å². The minimum Gasteiger partial charge on any atom is -0.378 e. The van der Waals surface area contributed by atoms with E-state index in [1.165, 1.54) is 5.56 Å². The van der Waals surface area contributed by atoms with Crippen molar-refractivity contribution < 1.29 is 0 Å². The monoisotopic (exact) mass is 334 g/mol. The van der Waals surface area contributed by atoms with Gasteiger partial charge in [-0.3, -0.25) is 9.89 Å². The summed E-state index contributed by atoms with van der Waals surface area (Å²) in [5, 5.41) is 10.2. The number of hydrogen-bond acceptors (Lipinski definition) is 3. The zero-order chi connectivity index (χ0) is 17.1. The zero-order valence-corrected chi connectivity index (χ0v) is 14.0. The molecule has 0 unspecified atom stereocenters. The Morgan fingerprint density at radius 1 is 1.00 bits per heavy atom. The molecular weight excluding hydrogens is 312 g/mol. The summed E-state index contributed by atoms with van der Waals surface area (Å²) in [6, 6.07) is 13.0. The minimum atomic E-state index is -0.0718. The van der Waals surface area contributed by atoms with Crippen LogP contribution in [0.15, 0.2) is 59.8 Å². The van der Waals surface area contributed by atoms with Crippen LogP contribution in [0.3, 0.4) is 0 Å². The van der Waals surface area contributed by atoms with Gasteiger partial charge in [0.1, 0.15) is 5.69 Å². The van der Waals surface area contributed by atoms with E-state index >= 15 is 0 Å². The summed E-state index contributed by atoms with van der Waals surface area (Å²) >= 11 is 0. The normalized spacial score (nSPS) is 20.3. The molecule has 1 aliphatic carbocycles. The highest BCUT2D eigenvalue weighted by atomic mass is 16.1. The van der Waals surface area contributed by atoms with Crippen molar-refractivity contribution in [1.82, 2.24) is 15.2 Å². The maximum absolute atomic E-state index is 12.2. The Labute approximate surface area is 146 Å². The SMILES string of the molecule is O=c1[nH]cc(-c2cn[nH]c2)cc1NC1CCC(c2ccccc2)CC1. The molecular formula is C20H22N4O. The topological polar surface area (TPSA) is 73.6 Å². The quantitative estimate of drug-likeness (QED) is 0.677. The molecule has 5 heteroatoms. The van der Waals surface area contributed by atoms with Gasteiger partial charge in [0, 0.05) is 29.6 Å². The van der Waals surface area contributed by atoms with Crippen LogP contribution in [0.2, 0.25) is 0 Å². The summed E-state index contributed by atoms with van der Waals surface area (Å²) in [7, 11) is 0. The number of aromatic nitrogens is 3. The summed E-state index contributed by atoms with van der Waals surface area (Å²) in [4.78, 5) is 15.0. The molecule has 1 fully saturated rings. The van der Waals surface area contributed by atoms with Gasteiger partial charge in [-0.05, 0) is 43.2 Å². The second-order valence-corrected chi connectivity index (χ2v) is 6.72. The van der Waals surface area contributed by atoms with Gasteiger partial charge in [0.25, 0.3) is 5.56 Å². The van der Waals surface area contributed by atoms with Gasteiger partial charge >= 0.3 is 0 Å². The maximum atomic E-state index is 12.2. The lowest BCUT2D eigenvalue weighted by molar-refractivity contribution is 0.412. The number of hydrogen-bond donors (Lipinski definition) is 3. The van der Waals surface area contributed by atoms with E-state index in [9.17, 15) is 4.79 Å². The predicted octanol–water partition coefficient (Wildman–Crippen LogP) is 3.90. The van der Waals surface area contributed by atoms with Crippen LogP contribution in [0.1, 0.15) is 37.2 Å². The molecule has 128 valence electrons. The summed E-state index contributed by atoms with van der Waals surface area (Å²) < 4.78 is 0. The molecule has 0 bridgehead atoms. The Balaban J connectivity index is 1.43. The van der Waals surface area contributed by atoms with Crippen molar-refractivity contribution in [3.8, 4) is 11.1 Å². The second-order valence-electron chi connectivity index (χ2n) is 6.72. The molecule has 25 heavy (non-hydrogen) atoms. The first-order valence-corrected chi connectivity index (χ1v) is 8.83. The lowest BCUT2D eigenvalue weighted by Gasteiger charge is -2.29. The first-order chi connectivity index (χ1) is 12.3. The van der Waals surface area contributed by atoms with Crippen LogP contribution >= 0.6 is 0 Å². The Morgan fingerprint density at radius 2 is 1.80 bits per heavy atom. The molecule has 5 nitrogen and oxygen atoms in total. The second kappa shape index (κ2) is 6.97. The average Bonchev–Trinajstić information content (AvgIpc) is 3.20. The number of pyridine rings is 1. The Kier molecular flexibility index (Phi) is 4.37. The van der Waals surface area contributed by atoms with Crippen molar-refractivity contribution in [1.29, 1.82) is 0 Å². The van der Waals surface area contributed by atoms with Gasteiger partial charge in [-0.15, -0.1) is 0 Å². The summed E-state index contributed by atoms with van der Waals surface area (Å²) in [6.45, 7) is 0. The fourth-order valence-electron chi connectivity index (χ4n) is 3.68. The van der Waals surface area contributed by atoms with E-state index in [1.54, 1.807) is 12.4 Å². The molecule has 1 aliphatic rings. The van der Waals surface area contributed by atoms with E-state index in [0.717, 1.165) is 36.8 Å². The third-order valence-corrected chi connectivity index (χ3v) is 5.09. The van der Waals surface area contributed by atoms with Gasteiger partial charge < -0.3 is 10.3 Å². The van der Waals surface area contributed by atoms with Crippen molar-refractivity contribution >= 4 is 5.69 Å². The summed E-state index contributed by atoms with van der Waals surface area (Å²) in [6.07, 6.45) is 9.77. The van der Waals surface area contributed by atoms with E-state index in [4.69, 9.17) is 0 Å². The molecule has 0 spiro atoms. The number of aromatic amines is 2. The number of nitrogens with one attached hydrogen (secondary N) is 3. The van der Waals surface area contributed by atoms with Gasteiger partial charge in [-0.25, -0.2) is 0 Å². The largest absolute Gasteiger partial charge is 0.378 e. The fraction of sp³-hybridized carbons (Fsp3) is 0.300. The van der Waals surface area contributed by atoms with Crippen LogP contribution in [0, 0.1) is 0 Å². The van der Waals surface area contributed by atoms with Gasteiger partial charge in [-0.1, -0.05) is 30.3 Å². The van der Waals surface area contributed by atoms with Gasteiger partial charge in [-0.2, -0.15) is 5.10 Å². The van der Waals surface area contributed by atoms with Crippen LogP contribution in [0.25, 0.3) is 11.1 Å². The summed E-state index contributed by atoms with van der Waals surface area (Å²) in [5.41, 5.74) is 3.92. The van der Waals surface area contributed by atoms with E-state index in [1.807, 2.05) is 12.3 Å². The minimum absolute atomic E-state index is 0.0718. The van der Waals surface area contributed by atoms with Gasteiger partial charge in [0.15, 0.2) is 0 Å². The molecule has 4 rings (SSSR count). The first-order valence-electron chi connectivity index (χ1n) is 8.83. The van der Waals surface area contributed by atoms with Gasteiger partial charge in [0.05, 0.1) is 6.20 Å². The third-order valence-electron chi connectivity index (χ3n) is 5.09. The van der Waals surface area contributed by atoms with Crippen LogP contribution in [-0.2, 0) is 0 Å². The number of anilines is 1. The number of H-pyrrole nitrogens is 2. The van der Waals surface area contributed by atoms with E-state index < -0.39 is 0 Å². The van der Waals surface area contributed by atoms with E-state index in [0.29, 0.717) is 17.6 Å². The highest BCUT2D eigenvalue weighted by molar-refractivity contribution is 5.65. The highest BCUT2D eigenvalue weighted by Crippen LogP contribution is 2.33. The molecule has 0 saturated heterocycles.